The largest absolute Gasteiger partial charge is 0.491 e. The smallest absolute Gasteiger partial charge is 0.269 e. The summed E-state index contributed by atoms with van der Waals surface area (Å²) in [6, 6.07) is 9.92. The van der Waals surface area contributed by atoms with Crippen LogP contribution in [0.3, 0.4) is 0 Å². The van der Waals surface area contributed by atoms with Gasteiger partial charge in [-0.25, -0.2) is 0 Å². The average molecular weight is 372 g/mol. The average Bonchev–Trinajstić information content (AvgIpc) is 2.66. The summed E-state index contributed by atoms with van der Waals surface area (Å²) in [5, 5.41) is 2.47. The quantitative estimate of drug-likeness (QED) is 0.551. The summed E-state index contributed by atoms with van der Waals surface area (Å²) in [5.41, 5.74) is 5.70. The number of aromatic nitrogens is 1. The molecule has 1 aromatic heterocycles. The molecule has 0 fully saturated rings. The van der Waals surface area contributed by atoms with Crippen molar-refractivity contribution in [2.24, 2.45) is 0 Å². The molecule has 0 aliphatic carbocycles. The Morgan fingerprint density at radius 2 is 1.85 bits per heavy atom. The predicted octanol–water partition coefficient (Wildman–Crippen LogP) is 2.21. The first-order valence-corrected chi connectivity index (χ1v) is 8.48. The molecular weight excluding hydrogens is 352 g/mol. The number of ether oxygens (including phenoxy) is 1. The number of nitrogens with zero attached hydrogens (tertiary/aromatic N) is 1. The third kappa shape index (κ3) is 5.82. The fourth-order valence-electron chi connectivity index (χ4n) is 1.92. The van der Waals surface area contributed by atoms with E-state index < -0.39 is 11.8 Å². The third-order valence-corrected chi connectivity index (χ3v) is 3.67. The molecule has 0 saturated heterocycles. The zero-order chi connectivity index (χ0) is 18.9. The summed E-state index contributed by atoms with van der Waals surface area (Å²) in [6.07, 6.45) is 3.92. The normalized spacial score (nSPS) is 11.2. The Morgan fingerprint density at radius 3 is 2.54 bits per heavy atom. The number of benzene rings is 1. The van der Waals surface area contributed by atoms with Gasteiger partial charge in [-0.05, 0) is 55.9 Å². The first-order chi connectivity index (χ1) is 12.5. The van der Waals surface area contributed by atoms with Crippen molar-refractivity contribution in [2.75, 3.05) is 0 Å². The van der Waals surface area contributed by atoms with Crippen LogP contribution in [0.15, 0.2) is 48.8 Å². The van der Waals surface area contributed by atoms with Crippen LogP contribution < -0.4 is 20.9 Å². The van der Waals surface area contributed by atoms with Crippen molar-refractivity contribution in [3.8, 4) is 5.75 Å². The van der Waals surface area contributed by atoms with Crippen molar-refractivity contribution in [3.05, 3.63) is 59.9 Å². The van der Waals surface area contributed by atoms with Gasteiger partial charge >= 0.3 is 0 Å². The van der Waals surface area contributed by atoms with Gasteiger partial charge in [-0.2, -0.15) is 0 Å². The van der Waals surface area contributed by atoms with Gasteiger partial charge in [-0.15, -0.1) is 0 Å². The lowest BCUT2D eigenvalue weighted by molar-refractivity contribution is 0.0934. The van der Waals surface area contributed by atoms with E-state index in [9.17, 15) is 9.59 Å². The van der Waals surface area contributed by atoms with Gasteiger partial charge in [0.05, 0.1) is 6.10 Å². The second-order valence-corrected chi connectivity index (χ2v) is 5.87. The van der Waals surface area contributed by atoms with Gasteiger partial charge in [0.25, 0.3) is 11.8 Å². The Bertz CT molecular complexity index is 783. The van der Waals surface area contributed by atoms with Crippen LogP contribution in [0.5, 0.6) is 5.75 Å². The number of amides is 2. The van der Waals surface area contributed by atoms with Crippen LogP contribution in [-0.4, -0.2) is 28.0 Å². The van der Waals surface area contributed by atoms with E-state index >= 15 is 0 Å². The highest BCUT2D eigenvalue weighted by atomic mass is 32.1. The molecule has 2 aromatic rings. The van der Waals surface area contributed by atoms with Crippen LogP contribution >= 0.6 is 12.2 Å². The summed E-state index contributed by atoms with van der Waals surface area (Å²) >= 11 is 5.02. The molecule has 3 N–H and O–H groups in total. The fraction of sp³-hybridized carbons (Fsp3) is 0.222. The number of nitrogens with one attached hydrogen (secondary N) is 3. The van der Waals surface area contributed by atoms with Crippen LogP contribution in [0.1, 0.15) is 41.0 Å². The molecule has 2 rings (SSSR count). The number of hydrogen-bond acceptors (Lipinski definition) is 5. The second-order valence-electron chi connectivity index (χ2n) is 5.46. The van der Waals surface area contributed by atoms with E-state index in [2.05, 4.69) is 21.2 Å². The van der Waals surface area contributed by atoms with Crippen LogP contribution in [0, 0.1) is 0 Å². The Labute approximate surface area is 157 Å². The Balaban J connectivity index is 1.88. The molecule has 0 radical (unpaired) electrons. The van der Waals surface area contributed by atoms with Gasteiger partial charge in [-0.3, -0.25) is 30.7 Å². The number of carbonyl (C=O) groups excluding carboxylic acids is 2. The highest BCUT2D eigenvalue weighted by molar-refractivity contribution is 7.80. The Morgan fingerprint density at radius 1 is 1.12 bits per heavy atom. The summed E-state index contributed by atoms with van der Waals surface area (Å²) in [7, 11) is 0. The zero-order valence-electron chi connectivity index (χ0n) is 14.5. The van der Waals surface area contributed by atoms with Crippen molar-refractivity contribution in [3.63, 3.8) is 0 Å². The minimum Gasteiger partial charge on any atom is -0.491 e. The zero-order valence-corrected chi connectivity index (χ0v) is 15.3. The lowest BCUT2D eigenvalue weighted by Crippen LogP contribution is -2.48. The molecule has 1 atom stereocenters. The van der Waals surface area contributed by atoms with E-state index in [4.69, 9.17) is 17.0 Å². The van der Waals surface area contributed by atoms with Gasteiger partial charge in [0.15, 0.2) is 5.11 Å². The Kier molecular flexibility index (Phi) is 7.04. The van der Waals surface area contributed by atoms with Crippen LogP contribution in [0.25, 0.3) is 0 Å². The van der Waals surface area contributed by atoms with Gasteiger partial charge in [0.1, 0.15) is 5.75 Å². The highest BCUT2D eigenvalue weighted by Gasteiger charge is 2.11. The summed E-state index contributed by atoms with van der Waals surface area (Å²) < 4.78 is 5.70. The van der Waals surface area contributed by atoms with Gasteiger partial charge in [0, 0.05) is 23.5 Å². The molecule has 0 unspecified atom stereocenters. The lowest BCUT2D eigenvalue weighted by atomic mass is 10.2. The first kappa shape index (κ1) is 19.3. The molecule has 26 heavy (non-hydrogen) atoms. The molecule has 136 valence electrons. The second kappa shape index (κ2) is 9.47. The van der Waals surface area contributed by atoms with Gasteiger partial charge < -0.3 is 4.74 Å². The first-order valence-electron chi connectivity index (χ1n) is 8.08. The van der Waals surface area contributed by atoms with Crippen LogP contribution in [0.2, 0.25) is 0 Å². The molecule has 8 heteroatoms. The molecule has 0 bridgehead atoms. The van der Waals surface area contributed by atoms with Gasteiger partial charge in [-0.1, -0.05) is 13.0 Å². The molecule has 7 nitrogen and oxygen atoms in total. The number of pyridine rings is 1. The van der Waals surface area contributed by atoms with Crippen LogP contribution in [-0.2, 0) is 0 Å². The molecule has 1 heterocycles. The van der Waals surface area contributed by atoms with Crippen LogP contribution in [0.4, 0.5) is 0 Å². The van der Waals surface area contributed by atoms with Crippen molar-refractivity contribution >= 4 is 29.1 Å². The van der Waals surface area contributed by atoms with Crippen molar-refractivity contribution < 1.29 is 14.3 Å². The van der Waals surface area contributed by atoms with E-state index in [1.165, 1.54) is 12.4 Å². The monoisotopic (exact) mass is 372 g/mol. The summed E-state index contributed by atoms with van der Waals surface area (Å²) in [4.78, 5) is 28.0. The molecule has 2 amide bonds. The standard InChI is InChI=1S/C18H20N4O3S/c1-3-12(2)25-15-6-4-5-14(11-15)16(23)20-18(26)22-21-17(24)13-7-9-19-10-8-13/h4-12H,3H2,1-2H3,(H,21,24)(H2,20,22,23,26)/t12-/m0/s1. The predicted molar refractivity (Wildman–Crippen MR) is 102 cm³/mol. The maximum Gasteiger partial charge on any atom is 0.269 e. The van der Waals surface area contributed by atoms with Gasteiger partial charge in [0.2, 0.25) is 0 Å². The highest BCUT2D eigenvalue weighted by Crippen LogP contribution is 2.15. The molecule has 0 spiro atoms. The van der Waals surface area contributed by atoms with E-state index in [1.54, 1.807) is 36.4 Å². The maximum absolute atomic E-state index is 12.3. The van der Waals surface area contributed by atoms with Crippen molar-refractivity contribution in [2.45, 2.75) is 26.4 Å². The van der Waals surface area contributed by atoms with E-state index in [1.807, 2.05) is 13.8 Å². The molecular formula is C18H20N4O3S. The number of hydrazine groups is 1. The number of rotatable bonds is 5. The number of hydrogen-bond donors (Lipinski definition) is 3. The summed E-state index contributed by atoms with van der Waals surface area (Å²) in [6.45, 7) is 3.98. The van der Waals surface area contributed by atoms with E-state index in [0.717, 1.165) is 6.42 Å². The minimum atomic E-state index is -0.407. The topological polar surface area (TPSA) is 92.4 Å². The SMILES string of the molecule is CC[C@H](C)Oc1cccc(C(=O)NC(=S)NNC(=O)c2ccncc2)c1. The molecule has 0 saturated carbocycles. The Hall–Kier alpha value is -3.00. The minimum absolute atomic E-state index is 0.0225. The molecule has 0 aliphatic heterocycles. The maximum atomic E-state index is 12.3. The fourth-order valence-corrected chi connectivity index (χ4v) is 2.07. The van der Waals surface area contributed by atoms with Crippen molar-refractivity contribution in [1.82, 2.24) is 21.2 Å². The molecule has 1 aromatic carbocycles. The summed E-state index contributed by atoms with van der Waals surface area (Å²) in [5.74, 6) is -0.194. The van der Waals surface area contributed by atoms with Crippen molar-refractivity contribution in [1.29, 1.82) is 0 Å². The number of carbonyl (C=O) groups is 2. The third-order valence-electron chi connectivity index (χ3n) is 3.47. The lowest BCUT2D eigenvalue weighted by Gasteiger charge is -2.14. The van der Waals surface area contributed by atoms with E-state index in [-0.39, 0.29) is 11.2 Å². The van der Waals surface area contributed by atoms with E-state index in [0.29, 0.717) is 16.9 Å². The molecule has 0 aliphatic rings. The number of thiocarbonyl (C=S) groups is 1.